The van der Waals surface area contributed by atoms with Crippen LogP contribution in [0.25, 0.3) is 0 Å². The smallest absolute Gasteiger partial charge is 0.237 e. The number of hydrogen-bond acceptors (Lipinski definition) is 5. The molecule has 7 nitrogen and oxygen atoms in total. The Morgan fingerprint density at radius 3 is 2.69 bits per heavy atom. The molecular weight excluding hydrogens is 370 g/mol. The number of ether oxygens (including phenoxy) is 1. The molecule has 0 radical (unpaired) electrons. The predicted octanol–water partition coefficient (Wildman–Crippen LogP) is 2.12. The van der Waals surface area contributed by atoms with E-state index in [2.05, 4.69) is 5.32 Å². The van der Waals surface area contributed by atoms with Crippen molar-refractivity contribution in [2.45, 2.75) is 32.9 Å². The van der Waals surface area contributed by atoms with E-state index < -0.39 is 6.04 Å². The molecule has 1 aliphatic heterocycles. The molecule has 2 heterocycles. The van der Waals surface area contributed by atoms with E-state index in [1.807, 2.05) is 55.1 Å². The van der Waals surface area contributed by atoms with Gasteiger partial charge in [-0.05, 0) is 38.1 Å². The molecule has 1 unspecified atom stereocenters. The van der Waals surface area contributed by atoms with E-state index in [1.54, 1.807) is 11.9 Å². The molecule has 7 heteroatoms. The second-order valence-electron chi connectivity index (χ2n) is 7.47. The monoisotopic (exact) mass is 399 g/mol. The number of benzene rings is 1. The molecule has 2 amide bonds. The SMILES string of the molecule is Cc1ccc(OCCN(C)C(=O)CC2C(=O)NCCN2Cc2ccc(C)o2)cc1. The highest BCUT2D eigenvalue weighted by atomic mass is 16.5. The van der Waals surface area contributed by atoms with E-state index in [9.17, 15) is 9.59 Å². The molecule has 2 aromatic rings. The van der Waals surface area contributed by atoms with Gasteiger partial charge in [0.15, 0.2) is 0 Å². The fourth-order valence-corrected chi connectivity index (χ4v) is 3.32. The van der Waals surface area contributed by atoms with Crippen molar-refractivity contribution in [3.63, 3.8) is 0 Å². The fourth-order valence-electron chi connectivity index (χ4n) is 3.32. The highest BCUT2D eigenvalue weighted by Gasteiger charge is 2.32. The first-order valence-electron chi connectivity index (χ1n) is 9.93. The molecule has 156 valence electrons. The highest BCUT2D eigenvalue weighted by Crippen LogP contribution is 2.17. The number of nitrogens with zero attached hydrogens (tertiary/aromatic N) is 2. The maximum atomic E-state index is 12.7. The lowest BCUT2D eigenvalue weighted by Crippen LogP contribution is -2.56. The number of carbonyl (C=O) groups excluding carboxylic acids is 2. The number of piperazine rings is 1. The van der Waals surface area contributed by atoms with Crippen molar-refractivity contribution in [3.05, 3.63) is 53.5 Å². The normalized spacial score (nSPS) is 17.1. The van der Waals surface area contributed by atoms with Gasteiger partial charge in [-0.15, -0.1) is 0 Å². The number of amides is 2. The van der Waals surface area contributed by atoms with E-state index in [1.165, 1.54) is 5.56 Å². The molecule has 1 atom stereocenters. The summed E-state index contributed by atoms with van der Waals surface area (Å²) in [5.74, 6) is 2.22. The third-order valence-electron chi connectivity index (χ3n) is 5.11. The summed E-state index contributed by atoms with van der Waals surface area (Å²) in [5, 5.41) is 2.86. The minimum absolute atomic E-state index is 0.0832. The summed E-state index contributed by atoms with van der Waals surface area (Å²) in [7, 11) is 1.74. The number of carbonyl (C=O) groups is 2. The maximum Gasteiger partial charge on any atom is 0.237 e. The molecule has 1 aromatic carbocycles. The molecule has 1 aromatic heterocycles. The van der Waals surface area contributed by atoms with Crippen molar-refractivity contribution in [2.75, 3.05) is 33.3 Å². The molecule has 0 aliphatic carbocycles. The third-order valence-corrected chi connectivity index (χ3v) is 5.11. The van der Waals surface area contributed by atoms with Gasteiger partial charge in [0, 0.05) is 20.1 Å². The van der Waals surface area contributed by atoms with Crippen molar-refractivity contribution in [2.24, 2.45) is 0 Å². The summed E-state index contributed by atoms with van der Waals surface area (Å²) in [6.07, 6.45) is 0.132. The summed E-state index contributed by atoms with van der Waals surface area (Å²) in [6.45, 7) is 6.54. The zero-order valence-corrected chi connectivity index (χ0v) is 17.3. The molecule has 29 heavy (non-hydrogen) atoms. The maximum absolute atomic E-state index is 12.7. The molecule has 1 fully saturated rings. The van der Waals surface area contributed by atoms with Crippen LogP contribution in [0.4, 0.5) is 0 Å². The van der Waals surface area contributed by atoms with Gasteiger partial charge in [0.25, 0.3) is 0 Å². The van der Waals surface area contributed by atoms with Gasteiger partial charge in [0.2, 0.25) is 11.8 Å². The van der Waals surface area contributed by atoms with Gasteiger partial charge in [-0.3, -0.25) is 14.5 Å². The number of likely N-dealkylation sites (N-methyl/N-ethyl adjacent to an activating group) is 1. The Hall–Kier alpha value is -2.80. The van der Waals surface area contributed by atoms with Gasteiger partial charge < -0.3 is 19.4 Å². The number of nitrogens with one attached hydrogen (secondary N) is 1. The Morgan fingerprint density at radius 2 is 2.00 bits per heavy atom. The minimum atomic E-state index is -0.498. The molecule has 3 rings (SSSR count). The van der Waals surface area contributed by atoms with Crippen LogP contribution in [0.5, 0.6) is 5.75 Å². The quantitative estimate of drug-likeness (QED) is 0.736. The molecule has 0 saturated carbocycles. The van der Waals surface area contributed by atoms with E-state index in [-0.39, 0.29) is 18.2 Å². The zero-order valence-electron chi connectivity index (χ0n) is 17.3. The van der Waals surface area contributed by atoms with Crippen LogP contribution in [0, 0.1) is 13.8 Å². The largest absolute Gasteiger partial charge is 0.492 e. The number of aryl methyl sites for hydroxylation is 2. The fraction of sp³-hybridized carbons (Fsp3) is 0.455. The Balaban J connectivity index is 1.51. The van der Waals surface area contributed by atoms with Gasteiger partial charge in [0.05, 0.1) is 25.6 Å². The van der Waals surface area contributed by atoms with E-state index >= 15 is 0 Å². The minimum Gasteiger partial charge on any atom is -0.492 e. The molecule has 1 N–H and O–H groups in total. The second-order valence-corrected chi connectivity index (χ2v) is 7.47. The first kappa shape index (κ1) is 20.9. The van der Waals surface area contributed by atoms with Crippen LogP contribution in [0.2, 0.25) is 0 Å². The van der Waals surface area contributed by atoms with Crippen molar-refractivity contribution in [1.82, 2.24) is 15.1 Å². The number of rotatable bonds is 8. The number of hydrogen-bond donors (Lipinski definition) is 1. The standard InChI is InChI=1S/C22H29N3O4/c1-16-4-7-18(8-5-16)28-13-12-24(3)21(26)14-20-22(27)23-10-11-25(20)15-19-9-6-17(2)29-19/h4-9,20H,10-15H2,1-3H3,(H,23,27). The average molecular weight is 399 g/mol. The first-order valence-corrected chi connectivity index (χ1v) is 9.93. The number of furan rings is 1. The molecule has 0 spiro atoms. The van der Waals surface area contributed by atoms with Crippen LogP contribution in [0.3, 0.4) is 0 Å². The Bertz CT molecular complexity index is 831. The van der Waals surface area contributed by atoms with Crippen molar-refractivity contribution < 1.29 is 18.7 Å². The third kappa shape index (κ3) is 5.84. The molecule has 1 aliphatic rings. The Kier molecular flexibility index (Phi) is 6.93. The van der Waals surface area contributed by atoms with Gasteiger partial charge in [-0.25, -0.2) is 0 Å². The predicted molar refractivity (Wildman–Crippen MR) is 110 cm³/mol. The second kappa shape index (κ2) is 9.60. The van der Waals surface area contributed by atoms with Crippen molar-refractivity contribution in [3.8, 4) is 5.75 Å². The van der Waals surface area contributed by atoms with Crippen molar-refractivity contribution in [1.29, 1.82) is 0 Å². The van der Waals surface area contributed by atoms with Crippen LogP contribution in [-0.2, 0) is 16.1 Å². The highest BCUT2D eigenvalue weighted by molar-refractivity contribution is 5.88. The topological polar surface area (TPSA) is 75.0 Å². The van der Waals surface area contributed by atoms with Gasteiger partial charge in [-0.1, -0.05) is 17.7 Å². The van der Waals surface area contributed by atoms with Gasteiger partial charge in [-0.2, -0.15) is 0 Å². The van der Waals surface area contributed by atoms with Gasteiger partial charge in [0.1, 0.15) is 23.9 Å². The summed E-state index contributed by atoms with van der Waals surface area (Å²) < 4.78 is 11.3. The zero-order chi connectivity index (χ0) is 20.8. The molecular formula is C22H29N3O4. The van der Waals surface area contributed by atoms with Crippen LogP contribution in [-0.4, -0.2) is 60.9 Å². The lowest BCUT2D eigenvalue weighted by atomic mass is 10.1. The van der Waals surface area contributed by atoms with Gasteiger partial charge >= 0.3 is 0 Å². The first-order chi connectivity index (χ1) is 13.9. The van der Waals surface area contributed by atoms with Crippen molar-refractivity contribution >= 4 is 11.8 Å². The summed E-state index contributed by atoms with van der Waals surface area (Å²) in [4.78, 5) is 28.7. The summed E-state index contributed by atoms with van der Waals surface area (Å²) >= 11 is 0. The van der Waals surface area contributed by atoms with Crippen LogP contribution in [0.1, 0.15) is 23.5 Å². The van der Waals surface area contributed by atoms with E-state index in [4.69, 9.17) is 9.15 Å². The van der Waals surface area contributed by atoms with Crippen LogP contribution in [0.15, 0.2) is 40.8 Å². The average Bonchev–Trinajstić information content (AvgIpc) is 3.10. The Morgan fingerprint density at radius 1 is 1.24 bits per heavy atom. The lowest BCUT2D eigenvalue weighted by Gasteiger charge is -2.34. The molecule has 1 saturated heterocycles. The summed E-state index contributed by atoms with van der Waals surface area (Å²) in [5.41, 5.74) is 1.17. The van der Waals surface area contributed by atoms with Crippen LogP contribution >= 0.6 is 0 Å². The van der Waals surface area contributed by atoms with E-state index in [0.29, 0.717) is 32.8 Å². The van der Waals surface area contributed by atoms with E-state index in [0.717, 1.165) is 17.3 Å². The summed E-state index contributed by atoms with van der Waals surface area (Å²) in [6, 6.07) is 11.1. The Labute approximate surface area is 171 Å². The molecule has 0 bridgehead atoms. The lowest BCUT2D eigenvalue weighted by molar-refractivity contribution is -0.138. The van der Waals surface area contributed by atoms with Crippen LogP contribution < -0.4 is 10.1 Å².